The lowest BCUT2D eigenvalue weighted by molar-refractivity contribution is -0.122. The molecule has 2 amide bonds. The van der Waals surface area contributed by atoms with Gasteiger partial charge in [0, 0.05) is 13.0 Å². The van der Waals surface area contributed by atoms with Crippen molar-refractivity contribution in [2.24, 2.45) is 0 Å². The number of aliphatic hydroxyl groups is 1. The molecule has 0 fully saturated rings. The lowest BCUT2D eigenvalue weighted by Crippen LogP contribution is -2.36. The minimum Gasteiger partial charge on any atom is -0.445 e. The molecule has 0 saturated heterocycles. The molecule has 0 heterocycles. The Kier molecular flexibility index (Phi) is 10.3. The summed E-state index contributed by atoms with van der Waals surface area (Å²) in [6, 6.07) is 9.36. The first-order valence-electron chi connectivity index (χ1n) is 8.50. The molecule has 24 heavy (non-hydrogen) atoms. The highest BCUT2D eigenvalue weighted by atomic mass is 16.5. The van der Waals surface area contributed by atoms with Crippen molar-refractivity contribution in [1.82, 2.24) is 10.6 Å². The number of carbonyl (C=O) groups excluding carboxylic acids is 2. The maximum absolute atomic E-state index is 11.6. The smallest absolute Gasteiger partial charge is 0.407 e. The summed E-state index contributed by atoms with van der Waals surface area (Å²) >= 11 is 0. The Morgan fingerprint density at radius 3 is 2.58 bits per heavy atom. The summed E-state index contributed by atoms with van der Waals surface area (Å²) in [7, 11) is 0. The molecule has 1 aromatic carbocycles. The topological polar surface area (TPSA) is 87.7 Å². The molecule has 0 saturated carbocycles. The number of carbonyl (C=O) groups is 2. The van der Waals surface area contributed by atoms with Gasteiger partial charge in [0.15, 0.2) is 0 Å². The van der Waals surface area contributed by atoms with Gasteiger partial charge >= 0.3 is 6.09 Å². The van der Waals surface area contributed by atoms with Crippen LogP contribution < -0.4 is 10.6 Å². The van der Waals surface area contributed by atoms with Crippen LogP contribution >= 0.6 is 0 Å². The van der Waals surface area contributed by atoms with Gasteiger partial charge in [-0.2, -0.15) is 0 Å². The second kappa shape index (κ2) is 12.4. The summed E-state index contributed by atoms with van der Waals surface area (Å²) in [5, 5.41) is 14.5. The van der Waals surface area contributed by atoms with Crippen molar-refractivity contribution in [2.75, 3.05) is 13.2 Å². The molecule has 3 N–H and O–H groups in total. The average molecular weight is 336 g/mol. The minimum atomic E-state index is -0.426. The van der Waals surface area contributed by atoms with Gasteiger partial charge in [-0.25, -0.2) is 4.79 Å². The molecule has 6 heteroatoms. The van der Waals surface area contributed by atoms with Gasteiger partial charge in [-0.15, -0.1) is 0 Å². The van der Waals surface area contributed by atoms with Gasteiger partial charge in [-0.1, -0.05) is 43.7 Å². The van der Waals surface area contributed by atoms with E-state index in [-0.39, 0.29) is 25.2 Å². The zero-order chi connectivity index (χ0) is 17.6. The fraction of sp³-hybridized carbons (Fsp3) is 0.556. The third kappa shape index (κ3) is 9.15. The van der Waals surface area contributed by atoms with Crippen LogP contribution in [0.15, 0.2) is 30.3 Å². The number of ether oxygens (including phenoxy) is 1. The number of benzene rings is 1. The standard InChI is InChI=1S/C18H28N2O4/c1-2-16(13-21)20-17(22)11-7-4-8-12-19-18(23)24-14-15-9-5-3-6-10-15/h3,5-6,9-10,16,21H,2,4,7-8,11-14H2,1H3,(H,19,23)(H,20,22). The highest BCUT2D eigenvalue weighted by molar-refractivity contribution is 5.76. The zero-order valence-corrected chi connectivity index (χ0v) is 14.3. The van der Waals surface area contributed by atoms with E-state index in [1.807, 2.05) is 37.3 Å². The monoisotopic (exact) mass is 336 g/mol. The molecule has 0 aromatic heterocycles. The van der Waals surface area contributed by atoms with Crippen molar-refractivity contribution < 1.29 is 19.4 Å². The fourth-order valence-electron chi connectivity index (χ4n) is 2.13. The molecule has 6 nitrogen and oxygen atoms in total. The van der Waals surface area contributed by atoms with Crippen molar-refractivity contribution in [3.63, 3.8) is 0 Å². The van der Waals surface area contributed by atoms with Crippen molar-refractivity contribution in [1.29, 1.82) is 0 Å². The van der Waals surface area contributed by atoms with Crippen LogP contribution in [0.25, 0.3) is 0 Å². The number of amides is 2. The molecule has 134 valence electrons. The second-order valence-electron chi connectivity index (χ2n) is 5.65. The summed E-state index contributed by atoms with van der Waals surface area (Å²) < 4.78 is 5.10. The van der Waals surface area contributed by atoms with E-state index in [4.69, 9.17) is 9.84 Å². The molecule has 0 aliphatic heterocycles. The predicted octanol–water partition coefficient (Wildman–Crippen LogP) is 2.36. The van der Waals surface area contributed by atoms with Crippen LogP contribution in [0.5, 0.6) is 0 Å². The van der Waals surface area contributed by atoms with E-state index in [0.29, 0.717) is 13.0 Å². The molecule has 1 rings (SSSR count). The molecule has 1 atom stereocenters. The summed E-state index contributed by atoms with van der Waals surface area (Å²) in [4.78, 5) is 23.1. The molecule has 0 radical (unpaired) electrons. The van der Waals surface area contributed by atoms with Gasteiger partial charge in [-0.3, -0.25) is 4.79 Å². The van der Waals surface area contributed by atoms with Crippen LogP contribution in [-0.2, 0) is 16.1 Å². The number of unbranched alkanes of at least 4 members (excludes halogenated alkanes) is 2. The first-order chi connectivity index (χ1) is 11.7. The quantitative estimate of drug-likeness (QED) is 0.541. The Morgan fingerprint density at radius 1 is 1.17 bits per heavy atom. The molecule has 0 aliphatic carbocycles. The Morgan fingerprint density at radius 2 is 1.92 bits per heavy atom. The van der Waals surface area contributed by atoms with E-state index in [2.05, 4.69) is 10.6 Å². The normalized spacial score (nSPS) is 11.6. The van der Waals surface area contributed by atoms with E-state index in [1.54, 1.807) is 0 Å². The van der Waals surface area contributed by atoms with Gasteiger partial charge in [0.1, 0.15) is 6.61 Å². The first-order valence-corrected chi connectivity index (χ1v) is 8.50. The summed E-state index contributed by atoms with van der Waals surface area (Å²) in [6.07, 6.45) is 3.14. The number of alkyl carbamates (subject to hydrolysis) is 1. The van der Waals surface area contributed by atoms with Crippen molar-refractivity contribution in [2.45, 2.75) is 51.7 Å². The summed E-state index contributed by atoms with van der Waals surface area (Å²) in [6.45, 7) is 2.68. The molecule has 1 aromatic rings. The van der Waals surface area contributed by atoms with Crippen LogP contribution in [0.4, 0.5) is 4.79 Å². The summed E-state index contributed by atoms with van der Waals surface area (Å²) in [5.74, 6) is -0.0360. The Balaban J connectivity index is 1.99. The molecule has 1 unspecified atom stereocenters. The largest absolute Gasteiger partial charge is 0.445 e. The SMILES string of the molecule is CCC(CO)NC(=O)CCCCCNC(=O)OCc1ccccc1. The van der Waals surface area contributed by atoms with Crippen LogP contribution in [0.3, 0.4) is 0 Å². The van der Waals surface area contributed by atoms with Gasteiger partial charge in [0.05, 0.1) is 12.6 Å². The number of nitrogens with one attached hydrogen (secondary N) is 2. The number of rotatable bonds is 11. The third-order valence-electron chi connectivity index (χ3n) is 3.64. The summed E-state index contributed by atoms with van der Waals surface area (Å²) in [5.41, 5.74) is 0.951. The highest BCUT2D eigenvalue weighted by Crippen LogP contribution is 2.02. The van der Waals surface area contributed by atoms with Gasteiger partial charge < -0.3 is 20.5 Å². The lowest BCUT2D eigenvalue weighted by Gasteiger charge is -2.13. The van der Waals surface area contributed by atoms with Crippen molar-refractivity contribution in [3.8, 4) is 0 Å². The number of hydrogen-bond acceptors (Lipinski definition) is 4. The van der Waals surface area contributed by atoms with Crippen molar-refractivity contribution >= 4 is 12.0 Å². The van der Waals surface area contributed by atoms with E-state index in [0.717, 1.165) is 31.2 Å². The molecular formula is C18H28N2O4. The van der Waals surface area contributed by atoms with Crippen LogP contribution in [0.1, 0.15) is 44.6 Å². The minimum absolute atomic E-state index is 0.0305. The van der Waals surface area contributed by atoms with E-state index < -0.39 is 6.09 Å². The number of aliphatic hydroxyl groups excluding tert-OH is 1. The third-order valence-corrected chi connectivity index (χ3v) is 3.64. The van der Waals surface area contributed by atoms with E-state index in [1.165, 1.54) is 0 Å². The van der Waals surface area contributed by atoms with Gasteiger partial charge in [0.2, 0.25) is 5.91 Å². The maximum atomic E-state index is 11.6. The molecule has 0 bridgehead atoms. The van der Waals surface area contributed by atoms with Crippen molar-refractivity contribution in [3.05, 3.63) is 35.9 Å². The Bertz CT molecular complexity index is 475. The molecule has 0 aliphatic rings. The van der Waals surface area contributed by atoms with Gasteiger partial charge in [-0.05, 0) is 24.8 Å². The first kappa shape index (κ1) is 20.0. The second-order valence-corrected chi connectivity index (χ2v) is 5.65. The zero-order valence-electron chi connectivity index (χ0n) is 14.3. The predicted molar refractivity (Wildman–Crippen MR) is 92.4 cm³/mol. The maximum Gasteiger partial charge on any atom is 0.407 e. The van der Waals surface area contributed by atoms with Crippen LogP contribution in [-0.4, -0.2) is 36.3 Å². The molecule has 0 spiro atoms. The molecular weight excluding hydrogens is 308 g/mol. The number of hydrogen-bond donors (Lipinski definition) is 3. The lowest BCUT2D eigenvalue weighted by atomic mass is 10.1. The van der Waals surface area contributed by atoms with Crippen LogP contribution in [0, 0.1) is 0 Å². The highest BCUT2D eigenvalue weighted by Gasteiger charge is 2.08. The van der Waals surface area contributed by atoms with E-state index in [9.17, 15) is 9.59 Å². The van der Waals surface area contributed by atoms with Crippen LogP contribution in [0.2, 0.25) is 0 Å². The Hall–Kier alpha value is -2.08. The fourth-order valence-corrected chi connectivity index (χ4v) is 2.13. The van der Waals surface area contributed by atoms with E-state index >= 15 is 0 Å². The van der Waals surface area contributed by atoms with Gasteiger partial charge in [0.25, 0.3) is 0 Å². The average Bonchev–Trinajstić information content (AvgIpc) is 2.61. The Labute approximate surface area is 143 Å².